The number of aromatic nitrogens is 2. The second-order valence-corrected chi connectivity index (χ2v) is 8.68. The topological polar surface area (TPSA) is 70.5 Å². The minimum absolute atomic E-state index is 0.0793. The molecule has 2 aliphatic heterocycles. The molecule has 0 bridgehead atoms. The van der Waals surface area contributed by atoms with E-state index in [-0.39, 0.29) is 17.9 Å². The van der Waals surface area contributed by atoms with Crippen molar-refractivity contribution in [2.75, 3.05) is 32.7 Å². The average Bonchev–Trinajstić information content (AvgIpc) is 3.47. The molecule has 2 aromatic rings. The number of rotatable bonds is 6. The number of benzene rings is 1. The normalized spacial score (nSPS) is 18.9. The number of para-hydroxylation sites is 1. The van der Waals surface area contributed by atoms with Gasteiger partial charge in [0, 0.05) is 38.9 Å². The molecule has 166 valence electrons. The summed E-state index contributed by atoms with van der Waals surface area (Å²) in [7, 11) is 0. The number of urea groups is 1. The van der Waals surface area contributed by atoms with Crippen LogP contribution in [0.2, 0.25) is 0 Å². The summed E-state index contributed by atoms with van der Waals surface area (Å²) in [6, 6.07) is 10.2. The summed E-state index contributed by atoms with van der Waals surface area (Å²) >= 11 is 0. The van der Waals surface area contributed by atoms with Gasteiger partial charge < -0.3 is 15.1 Å². The molecule has 0 aliphatic carbocycles. The molecule has 31 heavy (non-hydrogen) atoms. The Morgan fingerprint density at radius 2 is 1.81 bits per heavy atom. The van der Waals surface area contributed by atoms with Gasteiger partial charge >= 0.3 is 6.03 Å². The molecule has 7 heteroatoms. The average molecular weight is 424 g/mol. The summed E-state index contributed by atoms with van der Waals surface area (Å²) in [5.74, 6) is -0.0153. The third-order valence-corrected chi connectivity index (χ3v) is 6.38. The van der Waals surface area contributed by atoms with Crippen molar-refractivity contribution in [2.45, 2.75) is 45.4 Å². The Morgan fingerprint density at radius 1 is 1.06 bits per heavy atom. The predicted molar refractivity (Wildman–Crippen MR) is 120 cm³/mol. The van der Waals surface area contributed by atoms with Crippen LogP contribution in [0.3, 0.4) is 0 Å². The first-order valence-corrected chi connectivity index (χ1v) is 11.5. The molecular formula is C24H33N5O2. The van der Waals surface area contributed by atoms with Crippen LogP contribution >= 0.6 is 0 Å². The van der Waals surface area contributed by atoms with E-state index in [1.54, 1.807) is 0 Å². The highest BCUT2D eigenvalue weighted by atomic mass is 16.2. The van der Waals surface area contributed by atoms with Crippen molar-refractivity contribution in [2.24, 2.45) is 5.92 Å². The SMILES string of the molecule is Cc1nn(-c2ccccc2)cc1CCCNC(=O)[C@H]1CCCN(C(=O)N2CCCC2)C1. The molecule has 1 aromatic heterocycles. The number of piperidine rings is 1. The molecule has 4 rings (SSSR count). The maximum Gasteiger partial charge on any atom is 0.320 e. The first-order valence-electron chi connectivity index (χ1n) is 11.5. The van der Waals surface area contributed by atoms with Crippen molar-refractivity contribution < 1.29 is 9.59 Å². The summed E-state index contributed by atoms with van der Waals surface area (Å²) in [5.41, 5.74) is 3.28. The van der Waals surface area contributed by atoms with Crippen LogP contribution in [0, 0.1) is 12.8 Å². The highest BCUT2D eigenvalue weighted by Crippen LogP contribution is 2.20. The largest absolute Gasteiger partial charge is 0.356 e. The van der Waals surface area contributed by atoms with Crippen LogP contribution in [-0.2, 0) is 11.2 Å². The van der Waals surface area contributed by atoms with E-state index >= 15 is 0 Å². The summed E-state index contributed by atoms with van der Waals surface area (Å²) < 4.78 is 1.91. The van der Waals surface area contributed by atoms with Gasteiger partial charge in [0.1, 0.15) is 0 Å². The van der Waals surface area contributed by atoms with Crippen LogP contribution in [0.1, 0.15) is 43.4 Å². The van der Waals surface area contributed by atoms with E-state index in [1.807, 2.05) is 51.7 Å². The third kappa shape index (κ3) is 5.27. The van der Waals surface area contributed by atoms with E-state index in [4.69, 9.17) is 0 Å². The van der Waals surface area contributed by atoms with E-state index in [0.717, 1.165) is 69.5 Å². The molecule has 0 saturated carbocycles. The predicted octanol–water partition coefficient (Wildman–Crippen LogP) is 3.16. The van der Waals surface area contributed by atoms with E-state index in [1.165, 1.54) is 5.56 Å². The number of nitrogens with zero attached hydrogens (tertiary/aromatic N) is 4. The zero-order valence-electron chi connectivity index (χ0n) is 18.4. The molecule has 2 aliphatic rings. The van der Waals surface area contributed by atoms with Crippen molar-refractivity contribution in [3.8, 4) is 5.69 Å². The molecule has 1 atom stereocenters. The number of aryl methyl sites for hydroxylation is 2. The molecule has 1 N–H and O–H groups in total. The van der Waals surface area contributed by atoms with Gasteiger partial charge in [0.25, 0.3) is 0 Å². The Balaban J connectivity index is 1.22. The van der Waals surface area contributed by atoms with Gasteiger partial charge in [0.2, 0.25) is 5.91 Å². The monoisotopic (exact) mass is 423 g/mol. The quantitative estimate of drug-likeness (QED) is 0.726. The summed E-state index contributed by atoms with van der Waals surface area (Å²) in [5, 5.41) is 7.71. The van der Waals surface area contributed by atoms with Crippen LogP contribution in [0.25, 0.3) is 5.69 Å². The highest BCUT2D eigenvalue weighted by molar-refractivity contribution is 5.81. The number of carbonyl (C=O) groups excluding carboxylic acids is 2. The molecule has 7 nitrogen and oxygen atoms in total. The molecule has 0 spiro atoms. The Bertz CT molecular complexity index is 889. The Labute approximate surface area is 184 Å². The number of hydrogen-bond acceptors (Lipinski definition) is 3. The van der Waals surface area contributed by atoms with E-state index < -0.39 is 0 Å². The Morgan fingerprint density at radius 3 is 2.58 bits per heavy atom. The lowest BCUT2D eigenvalue weighted by Crippen LogP contribution is -2.49. The highest BCUT2D eigenvalue weighted by Gasteiger charge is 2.31. The second-order valence-electron chi connectivity index (χ2n) is 8.68. The van der Waals surface area contributed by atoms with Crippen molar-refractivity contribution in [1.29, 1.82) is 0 Å². The van der Waals surface area contributed by atoms with Gasteiger partial charge in [-0.05, 0) is 63.1 Å². The summed E-state index contributed by atoms with van der Waals surface area (Å²) in [6.45, 7) is 5.69. The summed E-state index contributed by atoms with van der Waals surface area (Å²) in [4.78, 5) is 29.1. The van der Waals surface area contributed by atoms with Crippen molar-refractivity contribution in [1.82, 2.24) is 24.9 Å². The van der Waals surface area contributed by atoms with Crippen LogP contribution in [-0.4, -0.2) is 64.2 Å². The Kier molecular flexibility index (Phi) is 6.89. The fourth-order valence-electron chi connectivity index (χ4n) is 4.56. The molecule has 1 aromatic carbocycles. The van der Waals surface area contributed by atoms with Crippen LogP contribution in [0.5, 0.6) is 0 Å². The first kappa shape index (κ1) is 21.4. The van der Waals surface area contributed by atoms with Crippen LogP contribution in [0.4, 0.5) is 4.79 Å². The molecule has 0 radical (unpaired) electrons. The van der Waals surface area contributed by atoms with Crippen LogP contribution in [0.15, 0.2) is 36.5 Å². The van der Waals surface area contributed by atoms with Crippen molar-refractivity contribution >= 4 is 11.9 Å². The third-order valence-electron chi connectivity index (χ3n) is 6.38. The minimum atomic E-state index is -0.0946. The summed E-state index contributed by atoms with van der Waals surface area (Å²) in [6.07, 6.45) is 7.77. The number of hydrogen-bond donors (Lipinski definition) is 1. The second kappa shape index (κ2) is 9.98. The maximum atomic E-state index is 12.7. The number of carbonyl (C=O) groups is 2. The van der Waals surface area contributed by atoms with Gasteiger partial charge in [0.05, 0.1) is 17.3 Å². The smallest absolute Gasteiger partial charge is 0.320 e. The fraction of sp³-hybridized carbons (Fsp3) is 0.542. The van der Waals surface area contributed by atoms with Gasteiger partial charge in [-0.25, -0.2) is 9.48 Å². The molecular weight excluding hydrogens is 390 g/mol. The lowest BCUT2D eigenvalue weighted by atomic mass is 9.97. The van der Waals surface area contributed by atoms with Crippen LogP contribution < -0.4 is 5.32 Å². The van der Waals surface area contributed by atoms with E-state index in [0.29, 0.717) is 13.1 Å². The maximum absolute atomic E-state index is 12.7. The zero-order chi connectivity index (χ0) is 21.6. The number of nitrogens with one attached hydrogen (secondary N) is 1. The number of likely N-dealkylation sites (tertiary alicyclic amines) is 2. The van der Waals surface area contributed by atoms with Gasteiger partial charge in [-0.3, -0.25) is 4.79 Å². The van der Waals surface area contributed by atoms with E-state index in [2.05, 4.69) is 16.6 Å². The lowest BCUT2D eigenvalue weighted by molar-refractivity contribution is -0.126. The standard InChI is InChI=1S/C24H33N5O2/c1-19-20(18-29(26-19)22-11-3-2-4-12-22)9-7-13-25-23(30)21-10-8-16-28(17-21)24(31)27-14-5-6-15-27/h2-4,11-12,18,21H,5-10,13-17H2,1H3,(H,25,30)/t21-/m0/s1. The molecule has 0 unspecified atom stereocenters. The van der Waals surface area contributed by atoms with Gasteiger partial charge in [-0.2, -0.15) is 5.10 Å². The Hall–Kier alpha value is -2.83. The molecule has 2 fully saturated rings. The zero-order valence-corrected chi connectivity index (χ0v) is 18.4. The van der Waals surface area contributed by atoms with Gasteiger partial charge in [-0.1, -0.05) is 18.2 Å². The molecule has 2 saturated heterocycles. The molecule has 3 amide bonds. The van der Waals surface area contributed by atoms with E-state index in [9.17, 15) is 9.59 Å². The van der Waals surface area contributed by atoms with Gasteiger partial charge in [0.15, 0.2) is 0 Å². The van der Waals surface area contributed by atoms with Gasteiger partial charge in [-0.15, -0.1) is 0 Å². The lowest BCUT2D eigenvalue weighted by Gasteiger charge is -2.34. The van der Waals surface area contributed by atoms with Crippen molar-refractivity contribution in [3.63, 3.8) is 0 Å². The van der Waals surface area contributed by atoms with Crippen molar-refractivity contribution in [3.05, 3.63) is 47.8 Å². The fourth-order valence-corrected chi connectivity index (χ4v) is 4.56. The molecule has 3 heterocycles. The minimum Gasteiger partial charge on any atom is -0.356 e. The number of amides is 3. The first-order chi connectivity index (χ1) is 15.1.